The number of nitrogens with one attached hydrogen (secondary N) is 1. The van der Waals surface area contributed by atoms with Crippen LogP contribution in [0.4, 0.5) is 5.82 Å². The molecule has 2 fully saturated rings. The molecule has 0 saturated carbocycles. The third-order valence-corrected chi connectivity index (χ3v) is 7.71. The first-order valence-corrected chi connectivity index (χ1v) is 12.1. The molecule has 1 aromatic heterocycles. The van der Waals surface area contributed by atoms with Crippen LogP contribution in [0, 0.1) is 0 Å². The predicted octanol–water partition coefficient (Wildman–Crippen LogP) is 2.79. The molecule has 8 heteroatoms. The number of sulfonamides is 1. The molecule has 0 aliphatic carbocycles. The fourth-order valence-corrected chi connectivity index (χ4v) is 5.80. The fourth-order valence-electron chi connectivity index (χ4n) is 4.09. The molecule has 0 radical (unpaired) electrons. The number of amides is 1. The van der Waals surface area contributed by atoms with Gasteiger partial charge in [-0.15, -0.1) is 0 Å². The number of hydrogen-bond acceptors (Lipinski definition) is 5. The first-order valence-electron chi connectivity index (χ1n) is 10.6. The molecule has 2 aliphatic rings. The number of aromatic nitrogens is 1. The average molecular weight is 429 g/mol. The van der Waals surface area contributed by atoms with Gasteiger partial charge in [0.05, 0.1) is 10.5 Å². The number of carbonyl (C=O) groups excluding carboxylic acids is 1. The zero-order valence-corrected chi connectivity index (χ0v) is 17.9. The summed E-state index contributed by atoms with van der Waals surface area (Å²) < 4.78 is 27.7. The maximum Gasteiger partial charge on any atom is 0.252 e. The Balaban J connectivity index is 1.49. The van der Waals surface area contributed by atoms with Crippen LogP contribution >= 0.6 is 0 Å². The number of nitrogens with zero attached hydrogens (tertiary/aromatic N) is 3. The number of piperidine rings is 1. The van der Waals surface area contributed by atoms with Crippen LogP contribution in [0.2, 0.25) is 0 Å². The van der Waals surface area contributed by atoms with E-state index in [1.54, 1.807) is 24.4 Å². The minimum atomic E-state index is -3.68. The van der Waals surface area contributed by atoms with Crippen LogP contribution in [-0.4, -0.2) is 49.8 Å². The third-order valence-electron chi connectivity index (χ3n) is 5.76. The Hall–Kier alpha value is -2.45. The summed E-state index contributed by atoms with van der Waals surface area (Å²) >= 11 is 0. The molecule has 0 atom stereocenters. The largest absolute Gasteiger partial charge is 0.357 e. The van der Waals surface area contributed by atoms with Gasteiger partial charge in [-0.25, -0.2) is 13.4 Å². The van der Waals surface area contributed by atoms with Crippen molar-refractivity contribution in [2.75, 3.05) is 31.1 Å². The Morgan fingerprint density at radius 3 is 2.43 bits per heavy atom. The zero-order valence-electron chi connectivity index (χ0n) is 17.1. The first kappa shape index (κ1) is 20.8. The first-order chi connectivity index (χ1) is 14.6. The Bertz CT molecular complexity index is 997. The number of rotatable bonds is 6. The second-order valence-electron chi connectivity index (χ2n) is 7.86. The Labute approximate surface area is 178 Å². The van der Waals surface area contributed by atoms with Crippen molar-refractivity contribution in [3.8, 4) is 0 Å². The number of carbonyl (C=O) groups is 1. The van der Waals surface area contributed by atoms with E-state index in [-0.39, 0.29) is 16.4 Å². The molecule has 4 rings (SSSR count). The van der Waals surface area contributed by atoms with Crippen molar-refractivity contribution in [2.45, 2.75) is 43.5 Å². The molecule has 1 aromatic carbocycles. The summed E-state index contributed by atoms with van der Waals surface area (Å²) in [4.78, 5) is 19.6. The van der Waals surface area contributed by atoms with Gasteiger partial charge in [-0.1, -0.05) is 18.6 Å². The van der Waals surface area contributed by atoms with Crippen LogP contribution in [0.15, 0.2) is 47.5 Å². The van der Waals surface area contributed by atoms with E-state index in [1.165, 1.54) is 23.2 Å². The van der Waals surface area contributed by atoms with Gasteiger partial charge in [0, 0.05) is 38.9 Å². The van der Waals surface area contributed by atoms with E-state index in [4.69, 9.17) is 0 Å². The molecule has 3 heterocycles. The highest BCUT2D eigenvalue weighted by Gasteiger charge is 2.29. The minimum Gasteiger partial charge on any atom is -0.357 e. The topological polar surface area (TPSA) is 82.6 Å². The molecule has 2 aromatic rings. The zero-order chi connectivity index (χ0) is 21.0. The summed E-state index contributed by atoms with van der Waals surface area (Å²) in [6.07, 6.45) is 6.85. The average Bonchev–Trinajstić information content (AvgIpc) is 3.33. The van der Waals surface area contributed by atoms with Gasteiger partial charge in [-0.05, 0) is 55.5 Å². The van der Waals surface area contributed by atoms with E-state index < -0.39 is 10.0 Å². The standard InChI is InChI=1S/C22H28N4O3S/c27-22(24-17-18-10-11-23-21(16-18)25-12-6-7-13-25)19-8-2-3-9-20(19)30(28,29)26-14-4-1-5-15-26/h2-3,8-11,16H,1,4-7,12-15,17H2,(H,24,27). The lowest BCUT2D eigenvalue weighted by atomic mass is 10.2. The molecule has 2 saturated heterocycles. The van der Waals surface area contributed by atoms with Gasteiger partial charge in [-0.2, -0.15) is 4.31 Å². The van der Waals surface area contributed by atoms with E-state index >= 15 is 0 Å². The summed E-state index contributed by atoms with van der Waals surface area (Å²) in [6, 6.07) is 10.3. The second kappa shape index (κ2) is 9.14. The Morgan fingerprint density at radius 2 is 1.67 bits per heavy atom. The number of hydrogen-bond donors (Lipinski definition) is 1. The van der Waals surface area contributed by atoms with E-state index in [9.17, 15) is 13.2 Å². The molecule has 30 heavy (non-hydrogen) atoms. The normalized spacial score (nSPS) is 17.8. The molecular formula is C22H28N4O3S. The molecule has 2 aliphatic heterocycles. The smallest absolute Gasteiger partial charge is 0.252 e. The van der Waals surface area contributed by atoms with Crippen LogP contribution in [0.25, 0.3) is 0 Å². The summed E-state index contributed by atoms with van der Waals surface area (Å²) in [7, 11) is -3.68. The van der Waals surface area contributed by atoms with Gasteiger partial charge in [0.15, 0.2) is 0 Å². The Morgan fingerprint density at radius 1 is 0.967 bits per heavy atom. The third kappa shape index (κ3) is 4.49. The molecule has 1 amide bonds. The van der Waals surface area contributed by atoms with Crippen LogP contribution in [0.1, 0.15) is 48.0 Å². The number of pyridine rings is 1. The number of anilines is 1. The molecule has 0 bridgehead atoms. The Kier molecular flexibility index (Phi) is 6.34. The summed E-state index contributed by atoms with van der Waals surface area (Å²) in [5, 5.41) is 2.88. The van der Waals surface area contributed by atoms with Gasteiger partial charge in [0.25, 0.3) is 5.91 Å². The fraction of sp³-hybridized carbons (Fsp3) is 0.455. The molecule has 1 N–H and O–H groups in total. The second-order valence-corrected chi connectivity index (χ2v) is 9.77. The van der Waals surface area contributed by atoms with Gasteiger partial charge in [-0.3, -0.25) is 4.79 Å². The van der Waals surface area contributed by atoms with Crippen molar-refractivity contribution >= 4 is 21.7 Å². The van der Waals surface area contributed by atoms with Crippen molar-refractivity contribution < 1.29 is 13.2 Å². The highest BCUT2D eigenvalue weighted by molar-refractivity contribution is 7.89. The molecule has 0 spiro atoms. The highest BCUT2D eigenvalue weighted by Crippen LogP contribution is 2.24. The van der Waals surface area contributed by atoms with Crippen molar-refractivity contribution in [3.05, 3.63) is 53.7 Å². The van der Waals surface area contributed by atoms with Crippen molar-refractivity contribution in [3.63, 3.8) is 0 Å². The van der Waals surface area contributed by atoms with Crippen molar-refractivity contribution in [1.82, 2.24) is 14.6 Å². The lowest BCUT2D eigenvalue weighted by Gasteiger charge is -2.26. The molecule has 7 nitrogen and oxygen atoms in total. The monoisotopic (exact) mass is 428 g/mol. The summed E-state index contributed by atoms with van der Waals surface area (Å²) in [5.41, 5.74) is 1.13. The molecule has 160 valence electrons. The lowest BCUT2D eigenvalue weighted by molar-refractivity contribution is 0.0947. The van der Waals surface area contributed by atoms with E-state index in [2.05, 4.69) is 15.2 Å². The van der Waals surface area contributed by atoms with Crippen molar-refractivity contribution in [1.29, 1.82) is 0 Å². The molecule has 0 unspecified atom stereocenters. The van der Waals surface area contributed by atoms with Gasteiger partial charge in [0.1, 0.15) is 5.82 Å². The van der Waals surface area contributed by atoms with Gasteiger partial charge < -0.3 is 10.2 Å². The van der Waals surface area contributed by atoms with E-state index in [0.717, 1.165) is 43.7 Å². The quantitative estimate of drug-likeness (QED) is 0.765. The van der Waals surface area contributed by atoms with Crippen LogP contribution in [0.5, 0.6) is 0 Å². The molecular weight excluding hydrogens is 400 g/mol. The maximum atomic E-state index is 13.1. The van der Waals surface area contributed by atoms with Crippen LogP contribution in [0.3, 0.4) is 0 Å². The van der Waals surface area contributed by atoms with Gasteiger partial charge >= 0.3 is 0 Å². The summed E-state index contributed by atoms with van der Waals surface area (Å²) in [5.74, 6) is 0.540. The van der Waals surface area contributed by atoms with Gasteiger partial charge in [0.2, 0.25) is 10.0 Å². The summed E-state index contributed by atoms with van der Waals surface area (Å²) in [6.45, 7) is 3.35. The predicted molar refractivity (Wildman–Crippen MR) is 116 cm³/mol. The SMILES string of the molecule is O=C(NCc1ccnc(N2CCCC2)c1)c1ccccc1S(=O)(=O)N1CCCCC1. The van der Waals surface area contributed by atoms with E-state index in [0.29, 0.717) is 19.6 Å². The lowest BCUT2D eigenvalue weighted by Crippen LogP contribution is -2.37. The highest BCUT2D eigenvalue weighted by atomic mass is 32.2. The van der Waals surface area contributed by atoms with Crippen molar-refractivity contribution in [2.24, 2.45) is 0 Å². The maximum absolute atomic E-state index is 13.1. The number of benzene rings is 1. The van der Waals surface area contributed by atoms with Crippen LogP contribution in [-0.2, 0) is 16.6 Å². The van der Waals surface area contributed by atoms with Crippen LogP contribution < -0.4 is 10.2 Å². The minimum absolute atomic E-state index is 0.0804. The van der Waals surface area contributed by atoms with E-state index in [1.807, 2.05) is 12.1 Å².